The van der Waals surface area contributed by atoms with E-state index in [2.05, 4.69) is 10.3 Å². The standard InChI is InChI=1S/C13H20N4O4/c1-3-14-12-4-10(17(19)20)5-13(15-12)16-6-11(7-18)21-8-9(16)2/h4-5,9,11,18H,3,6-8H2,1-2H3,(H,14,15). The van der Waals surface area contributed by atoms with E-state index in [-0.39, 0.29) is 24.4 Å². The number of aliphatic hydroxyl groups is 1. The van der Waals surface area contributed by atoms with Crippen molar-refractivity contribution < 1.29 is 14.8 Å². The minimum absolute atomic E-state index is 0.00445. The number of pyridine rings is 1. The average Bonchev–Trinajstić information content (AvgIpc) is 2.47. The number of aromatic nitrogens is 1. The lowest BCUT2D eigenvalue weighted by molar-refractivity contribution is -0.384. The van der Waals surface area contributed by atoms with Crippen molar-refractivity contribution in [2.75, 3.05) is 36.5 Å². The van der Waals surface area contributed by atoms with Gasteiger partial charge in [0.1, 0.15) is 11.6 Å². The Kier molecular flexibility index (Phi) is 4.92. The van der Waals surface area contributed by atoms with Gasteiger partial charge in [-0.3, -0.25) is 10.1 Å². The van der Waals surface area contributed by atoms with Gasteiger partial charge in [0.2, 0.25) is 0 Å². The van der Waals surface area contributed by atoms with Crippen molar-refractivity contribution in [2.45, 2.75) is 26.0 Å². The van der Waals surface area contributed by atoms with Crippen molar-refractivity contribution >= 4 is 17.3 Å². The predicted molar refractivity (Wildman–Crippen MR) is 78.7 cm³/mol. The molecule has 1 aromatic heterocycles. The highest BCUT2D eigenvalue weighted by Gasteiger charge is 2.28. The minimum Gasteiger partial charge on any atom is -0.394 e. The van der Waals surface area contributed by atoms with Crippen LogP contribution in [0.4, 0.5) is 17.3 Å². The summed E-state index contributed by atoms with van der Waals surface area (Å²) in [5, 5.41) is 23.3. The Balaban J connectivity index is 2.33. The molecule has 1 aliphatic rings. The summed E-state index contributed by atoms with van der Waals surface area (Å²) in [5.74, 6) is 0.996. The fourth-order valence-corrected chi connectivity index (χ4v) is 2.27. The van der Waals surface area contributed by atoms with Gasteiger partial charge in [0, 0.05) is 13.1 Å². The molecule has 2 rings (SSSR count). The molecule has 1 aliphatic heterocycles. The van der Waals surface area contributed by atoms with Crippen molar-refractivity contribution in [3.63, 3.8) is 0 Å². The topological polar surface area (TPSA) is 101 Å². The summed E-state index contributed by atoms with van der Waals surface area (Å²) in [7, 11) is 0. The number of anilines is 2. The molecule has 0 aliphatic carbocycles. The lowest BCUT2D eigenvalue weighted by atomic mass is 10.2. The minimum atomic E-state index is -0.430. The molecule has 1 fully saturated rings. The number of morpholine rings is 1. The Labute approximate surface area is 122 Å². The molecular formula is C13H20N4O4. The molecular weight excluding hydrogens is 276 g/mol. The van der Waals surface area contributed by atoms with Crippen LogP contribution in [-0.4, -0.2) is 53.5 Å². The largest absolute Gasteiger partial charge is 0.394 e. The number of nitrogens with zero attached hydrogens (tertiary/aromatic N) is 3. The molecule has 1 saturated heterocycles. The van der Waals surface area contributed by atoms with Crippen LogP contribution in [0.15, 0.2) is 12.1 Å². The number of nitro groups is 1. The maximum absolute atomic E-state index is 11.1. The second-order valence-electron chi connectivity index (χ2n) is 5.00. The summed E-state index contributed by atoms with van der Waals surface area (Å²) in [4.78, 5) is 17.0. The van der Waals surface area contributed by atoms with Crippen molar-refractivity contribution in [3.8, 4) is 0 Å². The highest BCUT2D eigenvalue weighted by molar-refractivity contribution is 5.56. The molecule has 0 amide bonds. The molecule has 21 heavy (non-hydrogen) atoms. The Hall–Kier alpha value is -1.93. The molecule has 2 atom stereocenters. The molecule has 2 unspecified atom stereocenters. The maximum atomic E-state index is 11.1. The Bertz CT molecular complexity index is 511. The molecule has 0 aromatic carbocycles. The first-order valence-electron chi connectivity index (χ1n) is 6.94. The fraction of sp³-hybridized carbons (Fsp3) is 0.615. The first kappa shape index (κ1) is 15.5. The van der Waals surface area contributed by atoms with Crippen LogP contribution >= 0.6 is 0 Å². The van der Waals surface area contributed by atoms with Gasteiger partial charge in [-0.25, -0.2) is 4.98 Å². The highest BCUT2D eigenvalue weighted by Crippen LogP contribution is 2.26. The second kappa shape index (κ2) is 6.68. The summed E-state index contributed by atoms with van der Waals surface area (Å²) < 4.78 is 5.48. The maximum Gasteiger partial charge on any atom is 0.276 e. The summed E-state index contributed by atoms with van der Waals surface area (Å²) in [6.45, 7) is 5.31. The van der Waals surface area contributed by atoms with Crippen LogP contribution in [0.1, 0.15) is 13.8 Å². The van der Waals surface area contributed by atoms with E-state index in [1.807, 2.05) is 18.7 Å². The first-order valence-corrected chi connectivity index (χ1v) is 6.94. The van der Waals surface area contributed by atoms with E-state index in [1.54, 1.807) is 0 Å². The molecule has 116 valence electrons. The molecule has 0 spiro atoms. The third kappa shape index (κ3) is 3.59. The van der Waals surface area contributed by atoms with Crippen LogP contribution in [0.3, 0.4) is 0 Å². The zero-order valence-corrected chi connectivity index (χ0v) is 12.2. The molecule has 0 bridgehead atoms. The molecule has 2 heterocycles. The van der Waals surface area contributed by atoms with Crippen LogP contribution in [-0.2, 0) is 4.74 Å². The van der Waals surface area contributed by atoms with Crippen LogP contribution < -0.4 is 10.2 Å². The van der Waals surface area contributed by atoms with E-state index in [0.717, 1.165) is 0 Å². The van der Waals surface area contributed by atoms with Gasteiger partial charge in [-0.15, -0.1) is 0 Å². The van der Waals surface area contributed by atoms with E-state index in [9.17, 15) is 15.2 Å². The molecule has 2 N–H and O–H groups in total. The number of aliphatic hydroxyl groups excluding tert-OH is 1. The normalized spacial score (nSPS) is 22.1. The smallest absolute Gasteiger partial charge is 0.276 e. The third-order valence-electron chi connectivity index (χ3n) is 3.37. The van der Waals surface area contributed by atoms with Gasteiger partial charge < -0.3 is 20.1 Å². The number of hydrogen-bond donors (Lipinski definition) is 2. The quantitative estimate of drug-likeness (QED) is 0.617. The Morgan fingerprint density at radius 2 is 2.38 bits per heavy atom. The molecule has 0 radical (unpaired) electrons. The molecule has 8 heteroatoms. The van der Waals surface area contributed by atoms with Gasteiger partial charge in [0.25, 0.3) is 5.69 Å². The third-order valence-corrected chi connectivity index (χ3v) is 3.37. The Morgan fingerprint density at radius 3 is 3.00 bits per heavy atom. The van der Waals surface area contributed by atoms with Crippen molar-refractivity contribution in [1.82, 2.24) is 4.98 Å². The number of rotatable bonds is 5. The summed E-state index contributed by atoms with van der Waals surface area (Å²) >= 11 is 0. The second-order valence-corrected chi connectivity index (χ2v) is 5.00. The molecule has 8 nitrogen and oxygen atoms in total. The number of ether oxygens (including phenoxy) is 1. The fourth-order valence-electron chi connectivity index (χ4n) is 2.27. The van der Waals surface area contributed by atoms with Crippen molar-refractivity contribution in [2.24, 2.45) is 0 Å². The SMILES string of the molecule is CCNc1cc([N+](=O)[O-])cc(N2CC(CO)OCC2C)n1. The molecule has 0 saturated carbocycles. The zero-order valence-electron chi connectivity index (χ0n) is 12.2. The number of nitrogens with one attached hydrogen (secondary N) is 1. The molecule has 1 aromatic rings. The van der Waals surface area contributed by atoms with Gasteiger partial charge in [-0.05, 0) is 13.8 Å². The summed E-state index contributed by atoms with van der Waals surface area (Å²) in [6.07, 6.45) is -0.301. The van der Waals surface area contributed by atoms with Crippen LogP contribution in [0.5, 0.6) is 0 Å². The van der Waals surface area contributed by atoms with Crippen molar-refractivity contribution in [1.29, 1.82) is 0 Å². The van der Waals surface area contributed by atoms with E-state index >= 15 is 0 Å². The van der Waals surface area contributed by atoms with E-state index in [4.69, 9.17) is 4.74 Å². The van der Waals surface area contributed by atoms with Crippen LogP contribution in [0.2, 0.25) is 0 Å². The Morgan fingerprint density at radius 1 is 1.62 bits per heavy atom. The lowest BCUT2D eigenvalue weighted by Crippen LogP contribution is -2.50. The predicted octanol–water partition coefficient (Wildman–Crippen LogP) is 1.01. The van der Waals surface area contributed by atoms with Crippen LogP contribution in [0.25, 0.3) is 0 Å². The lowest BCUT2D eigenvalue weighted by Gasteiger charge is -2.38. The van der Waals surface area contributed by atoms with E-state index < -0.39 is 4.92 Å². The monoisotopic (exact) mass is 296 g/mol. The van der Waals surface area contributed by atoms with Gasteiger partial charge in [0.05, 0.1) is 42.4 Å². The van der Waals surface area contributed by atoms with Gasteiger partial charge >= 0.3 is 0 Å². The van der Waals surface area contributed by atoms with Gasteiger partial charge in [-0.1, -0.05) is 0 Å². The zero-order chi connectivity index (χ0) is 15.4. The van der Waals surface area contributed by atoms with E-state index in [1.165, 1.54) is 12.1 Å². The van der Waals surface area contributed by atoms with Crippen LogP contribution in [0, 0.1) is 10.1 Å². The van der Waals surface area contributed by atoms with Gasteiger partial charge in [0.15, 0.2) is 0 Å². The van der Waals surface area contributed by atoms with E-state index in [0.29, 0.717) is 31.3 Å². The van der Waals surface area contributed by atoms with Crippen molar-refractivity contribution in [3.05, 3.63) is 22.2 Å². The summed E-state index contributed by atoms with van der Waals surface area (Å²) in [6, 6.07) is 2.91. The average molecular weight is 296 g/mol. The number of hydrogen-bond acceptors (Lipinski definition) is 7. The first-order chi connectivity index (χ1) is 10.0. The summed E-state index contributed by atoms with van der Waals surface area (Å²) in [5.41, 5.74) is -0.00445. The van der Waals surface area contributed by atoms with Gasteiger partial charge in [-0.2, -0.15) is 0 Å². The highest BCUT2D eigenvalue weighted by atomic mass is 16.6.